The number of halogens is 3. The molecule has 4 rings (SSSR count). The van der Waals surface area contributed by atoms with Crippen LogP contribution in [-0.2, 0) is 11.3 Å². The van der Waals surface area contributed by atoms with E-state index in [2.05, 4.69) is 39.2 Å². The molecule has 1 fully saturated rings. The number of carbonyl (C=O) groups excluding carboxylic acids is 1. The number of nitrogens with one attached hydrogen (secondary N) is 1. The fourth-order valence-corrected chi connectivity index (χ4v) is 3.72. The Morgan fingerprint density at radius 1 is 1.03 bits per heavy atom. The maximum Gasteiger partial charge on any atom is 0.573 e. The molecule has 162 valence electrons. The molecule has 0 unspecified atom stereocenters. The van der Waals surface area contributed by atoms with Crippen molar-refractivity contribution in [3.63, 3.8) is 0 Å². The van der Waals surface area contributed by atoms with E-state index in [0.29, 0.717) is 12.6 Å². The van der Waals surface area contributed by atoms with Crippen LogP contribution in [0.1, 0.15) is 24.8 Å². The number of alkyl halides is 3. The third kappa shape index (κ3) is 5.98. The molecule has 0 atom stereocenters. The van der Waals surface area contributed by atoms with Gasteiger partial charge in [-0.2, -0.15) is 0 Å². The number of amides is 1. The highest BCUT2D eigenvalue weighted by Crippen LogP contribution is 2.30. The zero-order valence-electron chi connectivity index (χ0n) is 16.9. The van der Waals surface area contributed by atoms with E-state index in [1.807, 2.05) is 18.2 Å². The smallest absolute Gasteiger partial charge is 0.406 e. The van der Waals surface area contributed by atoms with Crippen LogP contribution in [0.25, 0.3) is 10.8 Å². The van der Waals surface area contributed by atoms with Gasteiger partial charge in [0.15, 0.2) is 0 Å². The summed E-state index contributed by atoms with van der Waals surface area (Å²) >= 11 is 0. The number of fused-ring (bicyclic) bond motifs is 1. The first-order valence-corrected chi connectivity index (χ1v) is 10.2. The Hall–Kier alpha value is -3.06. The lowest BCUT2D eigenvalue weighted by Gasteiger charge is -2.22. The molecule has 3 aromatic rings. The monoisotopic (exact) mass is 428 g/mol. The van der Waals surface area contributed by atoms with Gasteiger partial charge in [0.05, 0.1) is 0 Å². The average molecular weight is 428 g/mol. The molecule has 0 saturated heterocycles. The number of hydrogen-bond donors (Lipinski definition) is 1. The Morgan fingerprint density at radius 3 is 2.55 bits per heavy atom. The van der Waals surface area contributed by atoms with Crippen molar-refractivity contribution < 1.29 is 22.7 Å². The lowest BCUT2D eigenvalue weighted by Crippen LogP contribution is -2.29. The molecule has 0 spiro atoms. The molecule has 0 radical (unpaired) electrons. The highest BCUT2D eigenvalue weighted by Gasteiger charge is 2.31. The quantitative estimate of drug-likeness (QED) is 0.498. The first-order chi connectivity index (χ1) is 14.9. The minimum Gasteiger partial charge on any atom is -0.406 e. The van der Waals surface area contributed by atoms with Crippen molar-refractivity contribution in [2.24, 2.45) is 0 Å². The Labute approximate surface area is 178 Å². The lowest BCUT2D eigenvalue weighted by atomic mass is 10.0. The van der Waals surface area contributed by atoms with E-state index >= 15 is 0 Å². The fraction of sp³-hybridized carbons (Fsp3) is 0.292. The van der Waals surface area contributed by atoms with Gasteiger partial charge < -0.3 is 10.1 Å². The summed E-state index contributed by atoms with van der Waals surface area (Å²) in [5, 5.41) is 5.06. The van der Waals surface area contributed by atoms with Crippen LogP contribution in [0.15, 0.2) is 66.7 Å². The van der Waals surface area contributed by atoms with Crippen molar-refractivity contribution in [2.45, 2.75) is 38.2 Å². The Balaban J connectivity index is 1.37. The number of hydrogen-bond acceptors (Lipinski definition) is 3. The first kappa shape index (κ1) is 21.2. The number of carbonyl (C=O) groups is 1. The number of benzene rings is 3. The van der Waals surface area contributed by atoms with Crippen molar-refractivity contribution in [1.82, 2.24) is 4.90 Å². The SMILES string of the molecule is O=C(CCN(Cc1cccc2ccccc12)C1CC1)Nc1cccc(OC(F)(F)F)c1. The topological polar surface area (TPSA) is 41.6 Å². The van der Waals surface area contributed by atoms with Gasteiger partial charge in [0.25, 0.3) is 0 Å². The van der Waals surface area contributed by atoms with Crippen LogP contribution in [0.2, 0.25) is 0 Å². The molecule has 4 nitrogen and oxygen atoms in total. The standard InChI is InChI=1S/C24H23F3N2O2/c25-24(26,27)31-21-9-4-8-19(15-21)28-23(30)13-14-29(20-11-12-20)16-18-7-3-6-17-5-1-2-10-22(17)18/h1-10,15,20H,11-14,16H2,(H,28,30). The maximum absolute atomic E-state index is 12.4. The van der Waals surface area contributed by atoms with Crippen LogP contribution in [-0.4, -0.2) is 29.8 Å². The van der Waals surface area contributed by atoms with Crippen LogP contribution < -0.4 is 10.1 Å². The summed E-state index contributed by atoms with van der Waals surface area (Å²) < 4.78 is 41.1. The third-order valence-electron chi connectivity index (χ3n) is 5.29. The predicted octanol–water partition coefficient (Wildman–Crippen LogP) is 5.73. The van der Waals surface area contributed by atoms with Crippen molar-refractivity contribution in [2.75, 3.05) is 11.9 Å². The number of anilines is 1. The van der Waals surface area contributed by atoms with Crippen LogP contribution in [0.4, 0.5) is 18.9 Å². The molecule has 1 saturated carbocycles. The number of nitrogens with zero attached hydrogens (tertiary/aromatic N) is 1. The molecule has 3 aromatic carbocycles. The molecular weight excluding hydrogens is 405 g/mol. The van der Waals surface area contributed by atoms with Crippen molar-refractivity contribution in [3.8, 4) is 5.75 Å². The molecule has 0 aliphatic heterocycles. The molecule has 7 heteroatoms. The van der Waals surface area contributed by atoms with Crippen molar-refractivity contribution in [3.05, 3.63) is 72.3 Å². The fourth-order valence-electron chi connectivity index (χ4n) is 3.72. The van der Waals surface area contributed by atoms with E-state index < -0.39 is 6.36 Å². The first-order valence-electron chi connectivity index (χ1n) is 10.2. The molecule has 1 N–H and O–H groups in total. The van der Waals surface area contributed by atoms with Gasteiger partial charge >= 0.3 is 6.36 Å². The summed E-state index contributed by atoms with van der Waals surface area (Å²) in [6, 6.07) is 20.3. The van der Waals surface area contributed by atoms with Crippen LogP contribution in [0.3, 0.4) is 0 Å². The van der Waals surface area contributed by atoms with E-state index in [1.54, 1.807) is 0 Å². The highest BCUT2D eigenvalue weighted by atomic mass is 19.4. The van der Waals surface area contributed by atoms with Gasteiger partial charge in [0.1, 0.15) is 5.75 Å². The molecule has 1 aliphatic rings. The molecule has 1 amide bonds. The van der Waals surface area contributed by atoms with Crippen LogP contribution in [0.5, 0.6) is 5.75 Å². The summed E-state index contributed by atoms with van der Waals surface area (Å²) in [7, 11) is 0. The Kier molecular flexibility index (Phi) is 6.13. The van der Waals surface area contributed by atoms with Gasteiger partial charge in [-0.15, -0.1) is 13.2 Å². The molecule has 0 bridgehead atoms. The van der Waals surface area contributed by atoms with Gasteiger partial charge in [-0.1, -0.05) is 48.5 Å². The Morgan fingerprint density at radius 2 is 1.77 bits per heavy atom. The van der Waals surface area contributed by atoms with Gasteiger partial charge in [-0.3, -0.25) is 9.69 Å². The molecule has 0 heterocycles. The molecular formula is C24H23F3N2O2. The lowest BCUT2D eigenvalue weighted by molar-refractivity contribution is -0.274. The van der Waals surface area contributed by atoms with Gasteiger partial charge in [0.2, 0.25) is 5.91 Å². The second kappa shape index (κ2) is 8.98. The highest BCUT2D eigenvalue weighted by molar-refractivity contribution is 5.91. The summed E-state index contributed by atoms with van der Waals surface area (Å²) in [6.45, 7) is 1.34. The minimum atomic E-state index is -4.77. The maximum atomic E-state index is 12.4. The molecule has 31 heavy (non-hydrogen) atoms. The van der Waals surface area contributed by atoms with Gasteiger partial charge in [-0.05, 0) is 41.3 Å². The van der Waals surface area contributed by atoms with Crippen LogP contribution in [0, 0.1) is 0 Å². The van der Waals surface area contributed by atoms with E-state index in [9.17, 15) is 18.0 Å². The van der Waals surface area contributed by atoms with Crippen molar-refractivity contribution >= 4 is 22.4 Å². The molecule has 0 aromatic heterocycles. The average Bonchev–Trinajstić information content (AvgIpc) is 3.55. The zero-order chi connectivity index (χ0) is 21.8. The van der Waals surface area contributed by atoms with E-state index in [1.165, 1.54) is 40.6 Å². The van der Waals surface area contributed by atoms with Gasteiger partial charge in [-0.25, -0.2) is 0 Å². The molecule has 1 aliphatic carbocycles. The number of ether oxygens (including phenoxy) is 1. The second-order valence-electron chi connectivity index (χ2n) is 7.71. The predicted molar refractivity (Wildman–Crippen MR) is 114 cm³/mol. The summed E-state index contributed by atoms with van der Waals surface area (Å²) in [5.41, 5.74) is 1.50. The third-order valence-corrected chi connectivity index (χ3v) is 5.29. The van der Waals surface area contributed by atoms with Crippen molar-refractivity contribution in [1.29, 1.82) is 0 Å². The zero-order valence-corrected chi connectivity index (χ0v) is 16.9. The largest absolute Gasteiger partial charge is 0.573 e. The number of rotatable bonds is 8. The normalized spacial score (nSPS) is 14.1. The second-order valence-corrected chi connectivity index (χ2v) is 7.71. The summed E-state index contributed by atoms with van der Waals surface area (Å²) in [5.74, 6) is -0.603. The van der Waals surface area contributed by atoms with E-state index in [0.717, 1.165) is 19.4 Å². The Bertz CT molecular complexity index is 1060. The van der Waals surface area contributed by atoms with Gasteiger partial charge in [0, 0.05) is 37.3 Å². The summed E-state index contributed by atoms with van der Waals surface area (Å²) in [6.07, 6.45) is -2.28. The van der Waals surface area contributed by atoms with Crippen LogP contribution >= 0.6 is 0 Å². The van der Waals surface area contributed by atoms with E-state index in [4.69, 9.17) is 0 Å². The van der Waals surface area contributed by atoms with E-state index in [-0.39, 0.29) is 23.8 Å². The minimum absolute atomic E-state index is 0.243. The summed E-state index contributed by atoms with van der Waals surface area (Å²) in [4.78, 5) is 14.7.